The maximum atomic E-state index is 11.4. The van der Waals surface area contributed by atoms with Crippen molar-refractivity contribution in [1.29, 1.82) is 0 Å². The topological polar surface area (TPSA) is 73.6 Å². The maximum Gasteiger partial charge on any atom is 0.265 e. The zero-order chi connectivity index (χ0) is 15.1. The second-order valence-corrected chi connectivity index (χ2v) is 5.40. The molecule has 1 amide bonds. The third-order valence-corrected chi connectivity index (χ3v) is 3.38. The van der Waals surface area contributed by atoms with Gasteiger partial charge in [-0.25, -0.2) is 5.84 Å². The van der Waals surface area contributed by atoms with Crippen molar-refractivity contribution in [1.82, 2.24) is 5.43 Å². The minimum Gasteiger partial charge on any atom is -0.490 e. The predicted molar refractivity (Wildman–Crippen MR) is 88.2 cm³/mol. The molecule has 0 atom stereocenters. The fraction of sp³-hybridized carbons (Fsp3) is 0.133. The number of carbonyl (C=O) groups excluding carboxylic acids is 1. The van der Waals surface area contributed by atoms with Crippen molar-refractivity contribution in [2.75, 3.05) is 13.2 Å². The number of hydrogen-bond acceptors (Lipinski definition) is 4. The van der Waals surface area contributed by atoms with Gasteiger partial charge in [0.2, 0.25) is 0 Å². The molecule has 0 aliphatic carbocycles. The van der Waals surface area contributed by atoms with E-state index in [1.165, 1.54) is 0 Å². The zero-order valence-electron chi connectivity index (χ0n) is 11.2. The van der Waals surface area contributed by atoms with Gasteiger partial charge >= 0.3 is 0 Å². The average molecular weight is 398 g/mol. The molecule has 5 nitrogen and oxygen atoms in total. The van der Waals surface area contributed by atoms with Gasteiger partial charge in [-0.2, -0.15) is 0 Å². The van der Waals surface area contributed by atoms with Crippen LogP contribution in [0.5, 0.6) is 11.5 Å². The highest BCUT2D eigenvalue weighted by Gasteiger charge is 2.04. The van der Waals surface area contributed by atoms with Crippen molar-refractivity contribution in [2.45, 2.75) is 0 Å². The Morgan fingerprint density at radius 1 is 1.05 bits per heavy atom. The Balaban J connectivity index is 1.80. The van der Waals surface area contributed by atoms with Crippen LogP contribution in [0.25, 0.3) is 0 Å². The number of rotatable bonds is 6. The first kappa shape index (κ1) is 15.6. The van der Waals surface area contributed by atoms with Crippen LogP contribution in [0.3, 0.4) is 0 Å². The third kappa shape index (κ3) is 4.91. The number of hydrogen-bond donors (Lipinski definition) is 2. The van der Waals surface area contributed by atoms with E-state index < -0.39 is 0 Å². The minimum atomic E-state index is -0.351. The summed E-state index contributed by atoms with van der Waals surface area (Å²) in [5.41, 5.74) is 2.53. The van der Waals surface area contributed by atoms with E-state index in [0.717, 1.165) is 9.32 Å². The van der Waals surface area contributed by atoms with Crippen LogP contribution < -0.4 is 20.7 Å². The van der Waals surface area contributed by atoms with Gasteiger partial charge in [-0.15, -0.1) is 0 Å². The average Bonchev–Trinajstić information content (AvgIpc) is 2.53. The van der Waals surface area contributed by atoms with E-state index in [1.54, 1.807) is 24.3 Å². The molecule has 0 unspecified atom stereocenters. The van der Waals surface area contributed by atoms with Crippen LogP contribution in [-0.2, 0) is 0 Å². The molecule has 0 bridgehead atoms. The smallest absolute Gasteiger partial charge is 0.265 e. The molecule has 0 saturated heterocycles. The van der Waals surface area contributed by atoms with Crippen molar-refractivity contribution in [3.8, 4) is 11.5 Å². The van der Waals surface area contributed by atoms with Crippen molar-refractivity contribution in [3.05, 3.63) is 57.7 Å². The van der Waals surface area contributed by atoms with Crippen molar-refractivity contribution < 1.29 is 14.3 Å². The van der Waals surface area contributed by atoms with Crippen LogP contribution >= 0.6 is 22.6 Å². The van der Waals surface area contributed by atoms with Crippen LogP contribution in [0.15, 0.2) is 48.5 Å². The molecule has 3 N–H and O–H groups in total. The number of ether oxygens (including phenoxy) is 2. The molecule has 0 spiro atoms. The van der Waals surface area contributed by atoms with E-state index in [9.17, 15) is 4.79 Å². The molecular weight excluding hydrogens is 383 g/mol. The Bertz CT molecular complexity index is 602. The van der Waals surface area contributed by atoms with Crippen molar-refractivity contribution in [3.63, 3.8) is 0 Å². The Morgan fingerprint density at radius 3 is 2.38 bits per heavy atom. The van der Waals surface area contributed by atoms with Gasteiger partial charge in [0.25, 0.3) is 5.91 Å². The van der Waals surface area contributed by atoms with Gasteiger partial charge in [-0.3, -0.25) is 10.2 Å². The van der Waals surface area contributed by atoms with E-state index in [0.29, 0.717) is 24.5 Å². The van der Waals surface area contributed by atoms with Gasteiger partial charge in [-0.1, -0.05) is 6.07 Å². The van der Waals surface area contributed by atoms with Crippen molar-refractivity contribution >= 4 is 28.5 Å². The van der Waals surface area contributed by atoms with Gasteiger partial charge in [0.1, 0.15) is 24.7 Å². The summed E-state index contributed by atoms with van der Waals surface area (Å²) in [5, 5.41) is 0. The molecule has 0 heterocycles. The van der Waals surface area contributed by atoms with Gasteiger partial charge in [0, 0.05) is 9.13 Å². The number of halogens is 1. The number of amides is 1. The minimum absolute atomic E-state index is 0.351. The van der Waals surface area contributed by atoms with E-state index in [2.05, 4.69) is 28.0 Å². The van der Waals surface area contributed by atoms with Gasteiger partial charge < -0.3 is 9.47 Å². The number of nitrogen functional groups attached to an aromatic ring is 1. The SMILES string of the molecule is NNC(=O)c1cccc(OCCOc2ccc(I)cc2)c1. The molecule has 2 rings (SSSR count). The lowest BCUT2D eigenvalue weighted by atomic mass is 10.2. The lowest BCUT2D eigenvalue weighted by Gasteiger charge is -2.09. The number of nitrogens with two attached hydrogens (primary N) is 1. The molecule has 6 heteroatoms. The highest BCUT2D eigenvalue weighted by molar-refractivity contribution is 14.1. The highest BCUT2D eigenvalue weighted by atomic mass is 127. The standard InChI is InChI=1S/C15H15IN2O3/c16-12-4-6-13(7-5-12)20-8-9-21-14-3-1-2-11(10-14)15(19)18-17/h1-7,10H,8-9,17H2,(H,18,19). The summed E-state index contributed by atoms with van der Waals surface area (Å²) in [6.45, 7) is 0.813. The highest BCUT2D eigenvalue weighted by Crippen LogP contribution is 2.15. The number of benzene rings is 2. The van der Waals surface area contributed by atoms with Gasteiger partial charge in [-0.05, 0) is 65.1 Å². The molecule has 2 aromatic carbocycles. The Hall–Kier alpha value is -1.80. The first-order valence-electron chi connectivity index (χ1n) is 6.31. The molecule has 2 aromatic rings. The molecule has 0 aliphatic rings. The van der Waals surface area contributed by atoms with Gasteiger partial charge in [0.15, 0.2) is 0 Å². The monoisotopic (exact) mass is 398 g/mol. The van der Waals surface area contributed by atoms with E-state index in [1.807, 2.05) is 24.3 Å². The normalized spacial score (nSPS) is 10.0. The summed E-state index contributed by atoms with van der Waals surface area (Å²) in [6, 6.07) is 14.6. The van der Waals surface area contributed by atoms with Crippen LogP contribution in [0, 0.1) is 3.57 Å². The largest absolute Gasteiger partial charge is 0.490 e. The zero-order valence-corrected chi connectivity index (χ0v) is 13.4. The molecule has 0 saturated carbocycles. The lowest BCUT2D eigenvalue weighted by molar-refractivity contribution is 0.0953. The van der Waals surface area contributed by atoms with Gasteiger partial charge in [0.05, 0.1) is 0 Å². The fourth-order valence-corrected chi connectivity index (χ4v) is 2.02. The summed E-state index contributed by atoms with van der Waals surface area (Å²) < 4.78 is 12.3. The quantitative estimate of drug-likeness (QED) is 0.258. The maximum absolute atomic E-state index is 11.4. The first-order valence-corrected chi connectivity index (χ1v) is 7.39. The van der Waals surface area contributed by atoms with E-state index in [-0.39, 0.29) is 5.91 Å². The van der Waals surface area contributed by atoms with E-state index >= 15 is 0 Å². The Kier molecular flexibility index (Phi) is 5.82. The molecule has 21 heavy (non-hydrogen) atoms. The summed E-state index contributed by atoms with van der Waals surface area (Å²) >= 11 is 2.24. The Morgan fingerprint density at radius 2 is 1.71 bits per heavy atom. The first-order chi connectivity index (χ1) is 10.2. The second kappa shape index (κ2) is 7.84. The van der Waals surface area contributed by atoms with Crippen LogP contribution in [-0.4, -0.2) is 19.1 Å². The second-order valence-electron chi connectivity index (χ2n) is 4.15. The lowest BCUT2D eigenvalue weighted by Crippen LogP contribution is -2.29. The summed E-state index contributed by atoms with van der Waals surface area (Å²) in [6.07, 6.45) is 0. The Labute approximate surface area is 136 Å². The summed E-state index contributed by atoms with van der Waals surface area (Å²) in [4.78, 5) is 11.4. The molecule has 0 radical (unpaired) electrons. The summed E-state index contributed by atoms with van der Waals surface area (Å²) in [5.74, 6) is 6.14. The van der Waals surface area contributed by atoms with Crippen LogP contribution in [0.2, 0.25) is 0 Å². The van der Waals surface area contributed by atoms with Crippen molar-refractivity contribution in [2.24, 2.45) is 5.84 Å². The summed E-state index contributed by atoms with van der Waals surface area (Å²) in [7, 11) is 0. The predicted octanol–water partition coefficient (Wildman–Crippen LogP) is 2.35. The molecule has 0 aromatic heterocycles. The van der Waals surface area contributed by atoms with Crippen LogP contribution in [0.4, 0.5) is 0 Å². The molecule has 0 fully saturated rings. The molecule has 110 valence electrons. The third-order valence-electron chi connectivity index (χ3n) is 2.66. The fourth-order valence-electron chi connectivity index (χ4n) is 1.66. The molecule has 0 aliphatic heterocycles. The number of carbonyl (C=O) groups is 1. The van der Waals surface area contributed by atoms with E-state index in [4.69, 9.17) is 15.3 Å². The molecular formula is C15H15IN2O3. The van der Waals surface area contributed by atoms with Crippen LogP contribution in [0.1, 0.15) is 10.4 Å². The number of nitrogens with one attached hydrogen (secondary N) is 1. The number of hydrazine groups is 1.